The van der Waals surface area contributed by atoms with Crippen LogP contribution in [0.25, 0.3) is 10.1 Å². The average Bonchev–Trinajstić information content (AvgIpc) is 3.12. The van der Waals surface area contributed by atoms with Gasteiger partial charge in [0.05, 0.1) is 11.3 Å². The first-order valence-corrected chi connectivity index (χ1v) is 11.2. The molecule has 0 bridgehead atoms. The van der Waals surface area contributed by atoms with Crippen molar-refractivity contribution in [1.29, 1.82) is 0 Å². The summed E-state index contributed by atoms with van der Waals surface area (Å²) in [6.45, 7) is 2.98. The van der Waals surface area contributed by atoms with Gasteiger partial charge in [0.15, 0.2) is 0 Å². The summed E-state index contributed by atoms with van der Waals surface area (Å²) in [4.78, 5) is 6.41. The van der Waals surface area contributed by atoms with E-state index in [2.05, 4.69) is 10.3 Å². The van der Waals surface area contributed by atoms with Crippen molar-refractivity contribution in [2.75, 3.05) is 35.8 Å². The Hall–Kier alpha value is -2.44. The highest BCUT2D eigenvalue weighted by molar-refractivity contribution is 7.94. The smallest absolute Gasteiger partial charge is 0.354 e. The number of piperazine rings is 1. The molecule has 6 nitrogen and oxygen atoms in total. The van der Waals surface area contributed by atoms with Crippen molar-refractivity contribution in [2.45, 2.75) is 10.4 Å². The molecule has 1 aliphatic heterocycles. The summed E-state index contributed by atoms with van der Waals surface area (Å²) >= 11 is 0.967. The summed E-state index contributed by atoms with van der Waals surface area (Å²) in [6, 6.07) is 4.68. The number of anilines is 2. The van der Waals surface area contributed by atoms with Crippen molar-refractivity contribution >= 4 is 43.0 Å². The van der Waals surface area contributed by atoms with Gasteiger partial charge in [-0.25, -0.2) is 17.8 Å². The standard InChI is InChI=1S/C18H16F4N4O2S2/c19-12-7-11(18(20,21)22)8-13(9-12)25-30(27,28)16-10-14-15(29-16)1-2-24-17(14)26-5-3-23-4-6-26/h1-2,7-10,23,25H,3-6H2. The Balaban J connectivity index is 1.69. The lowest BCUT2D eigenvalue weighted by atomic mass is 10.2. The van der Waals surface area contributed by atoms with E-state index in [9.17, 15) is 26.0 Å². The maximum atomic E-state index is 13.6. The van der Waals surface area contributed by atoms with Crippen molar-refractivity contribution in [3.63, 3.8) is 0 Å². The number of benzene rings is 1. The van der Waals surface area contributed by atoms with Crippen LogP contribution in [0, 0.1) is 5.82 Å². The van der Waals surface area contributed by atoms with E-state index in [1.54, 1.807) is 12.3 Å². The molecule has 3 heterocycles. The molecule has 2 aromatic heterocycles. The second kappa shape index (κ2) is 7.67. The maximum absolute atomic E-state index is 13.6. The topological polar surface area (TPSA) is 74.3 Å². The number of aromatic nitrogens is 1. The number of fused-ring (bicyclic) bond motifs is 1. The minimum atomic E-state index is -4.80. The quantitative estimate of drug-likeness (QED) is 0.582. The van der Waals surface area contributed by atoms with Gasteiger partial charge in [0.1, 0.15) is 15.8 Å². The molecule has 1 aliphatic rings. The first kappa shape index (κ1) is 20.8. The van der Waals surface area contributed by atoms with E-state index in [0.29, 0.717) is 47.2 Å². The molecule has 30 heavy (non-hydrogen) atoms. The number of rotatable bonds is 4. The SMILES string of the molecule is O=S(=O)(Nc1cc(F)cc(C(F)(F)F)c1)c1cc2c(N3CCNCC3)nccc2s1. The van der Waals surface area contributed by atoms with Crippen LogP contribution in [-0.2, 0) is 16.2 Å². The predicted octanol–water partition coefficient (Wildman–Crippen LogP) is 3.66. The third kappa shape index (κ3) is 4.20. The van der Waals surface area contributed by atoms with E-state index in [0.717, 1.165) is 24.4 Å². The van der Waals surface area contributed by atoms with Gasteiger partial charge in [-0.15, -0.1) is 11.3 Å². The predicted molar refractivity (Wildman–Crippen MR) is 107 cm³/mol. The van der Waals surface area contributed by atoms with Crippen LogP contribution in [-0.4, -0.2) is 39.6 Å². The van der Waals surface area contributed by atoms with Crippen LogP contribution in [0.3, 0.4) is 0 Å². The van der Waals surface area contributed by atoms with Crippen LogP contribution in [0.2, 0.25) is 0 Å². The number of hydrogen-bond donors (Lipinski definition) is 2. The Labute approximate surface area is 173 Å². The molecule has 0 aliphatic carbocycles. The first-order valence-electron chi connectivity index (χ1n) is 8.88. The minimum absolute atomic E-state index is 0.0975. The minimum Gasteiger partial charge on any atom is -0.354 e. The molecule has 1 aromatic carbocycles. The highest BCUT2D eigenvalue weighted by Crippen LogP contribution is 2.36. The monoisotopic (exact) mass is 460 g/mol. The second-order valence-electron chi connectivity index (χ2n) is 6.68. The van der Waals surface area contributed by atoms with Crippen molar-refractivity contribution < 1.29 is 26.0 Å². The number of halogens is 4. The van der Waals surface area contributed by atoms with Crippen LogP contribution in [0.5, 0.6) is 0 Å². The molecule has 0 amide bonds. The van der Waals surface area contributed by atoms with Crippen molar-refractivity contribution in [2.24, 2.45) is 0 Å². The zero-order valence-electron chi connectivity index (χ0n) is 15.3. The maximum Gasteiger partial charge on any atom is 0.416 e. The van der Waals surface area contributed by atoms with Gasteiger partial charge in [-0.2, -0.15) is 13.2 Å². The molecule has 4 rings (SSSR count). The largest absolute Gasteiger partial charge is 0.416 e. The van der Waals surface area contributed by atoms with Gasteiger partial charge in [0, 0.05) is 42.5 Å². The fraction of sp³-hybridized carbons (Fsp3) is 0.278. The molecule has 12 heteroatoms. The molecule has 1 fully saturated rings. The number of sulfonamides is 1. The molecule has 2 N–H and O–H groups in total. The molecule has 0 unspecified atom stereocenters. The van der Waals surface area contributed by atoms with E-state index >= 15 is 0 Å². The molecular formula is C18H16F4N4O2S2. The van der Waals surface area contributed by atoms with Gasteiger partial charge in [-0.05, 0) is 30.3 Å². The van der Waals surface area contributed by atoms with E-state index in [4.69, 9.17) is 0 Å². The molecule has 1 saturated heterocycles. The third-order valence-corrected chi connectivity index (χ3v) is 7.52. The molecule has 0 radical (unpaired) electrons. The van der Waals surface area contributed by atoms with Crippen LogP contribution < -0.4 is 14.9 Å². The summed E-state index contributed by atoms with van der Waals surface area (Å²) in [5.41, 5.74) is -1.78. The Morgan fingerprint density at radius 1 is 1.13 bits per heavy atom. The van der Waals surface area contributed by atoms with E-state index in [1.807, 2.05) is 9.62 Å². The van der Waals surface area contributed by atoms with Crippen LogP contribution >= 0.6 is 11.3 Å². The highest BCUT2D eigenvalue weighted by atomic mass is 32.2. The fourth-order valence-corrected chi connectivity index (χ4v) is 5.62. The lowest BCUT2D eigenvalue weighted by Gasteiger charge is -2.28. The lowest BCUT2D eigenvalue weighted by Crippen LogP contribution is -2.43. The summed E-state index contributed by atoms with van der Waals surface area (Å²) < 4.78 is 80.5. The van der Waals surface area contributed by atoms with Crippen LogP contribution in [0.4, 0.5) is 29.1 Å². The third-order valence-electron chi connectivity index (χ3n) is 4.56. The number of alkyl halides is 3. The van der Waals surface area contributed by atoms with Gasteiger partial charge >= 0.3 is 6.18 Å². The van der Waals surface area contributed by atoms with Gasteiger partial charge in [-0.3, -0.25) is 4.72 Å². The fourth-order valence-electron chi connectivity index (χ4n) is 3.20. The molecule has 0 saturated carbocycles. The molecule has 160 valence electrons. The summed E-state index contributed by atoms with van der Waals surface area (Å²) in [5.74, 6) is -0.541. The zero-order valence-corrected chi connectivity index (χ0v) is 17.0. The van der Waals surface area contributed by atoms with Crippen LogP contribution in [0.1, 0.15) is 5.56 Å². The molecule has 0 atom stereocenters. The number of nitrogens with zero attached hydrogens (tertiary/aromatic N) is 2. The summed E-state index contributed by atoms with van der Waals surface area (Å²) in [5, 5.41) is 3.86. The normalized spacial score (nSPS) is 15.5. The Morgan fingerprint density at radius 3 is 2.57 bits per heavy atom. The number of pyridine rings is 1. The Kier molecular flexibility index (Phi) is 5.32. The van der Waals surface area contributed by atoms with Gasteiger partial charge in [-0.1, -0.05) is 0 Å². The van der Waals surface area contributed by atoms with E-state index in [1.165, 1.54) is 6.07 Å². The Bertz CT molecular complexity index is 1190. The van der Waals surface area contributed by atoms with Crippen LogP contribution in [0.15, 0.2) is 40.7 Å². The van der Waals surface area contributed by atoms with E-state index < -0.39 is 33.3 Å². The summed E-state index contributed by atoms with van der Waals surface area (Å²) in [6.07, 6.45) is -3.22. The number of hydrogen-bond acceptors (Lipinski definition) is 6. The van der Waals surface area contributed by atoms with Gasteiger partial charge in [0.25, 0.3) is 10.0 Å². The zero-order chi connectivity index (χ0) is 21.5. The van der Waals surface area contributed by atoms with Gasteiger partial charge < -0.3 is 10.2 Å². The molecular weight excluding hydrogens is 444 g/mol. The molecule has 0 spiro atoms. The number of thiophene rings is 1. The average molecular weight is 460 g/mol. The number of nitrogens with one attached hydrogen (secondary N) is 2. The first-order chi connectivity index (χ1) is 14.1. The lowest BCUT2D eigenvalue weighted by molar-refractivity contribution is -0.137. The van der Waals surface area contributed by atoms with E-state index in [-0.39, 0.29) is 4.21 Å². The molecule has 3 aromatic rings. The van der Waals surface area contributed by atoms with Crippen molar-refractivity contribution in [3.05, 3.63) is 47.9 Å². The van der Waals surface area contributed by atoms with Crippen molar-refractivity contribution in [3.8, 4) is 0 Å². The second-order valence-corrected chi connectivity index (χ2v) is 9.67. The van der Waals surface area contributed by atoms with Crippen molar-refractivity contribution in [1.82, 2.24) is 10.3 Å². The Morgan fingerprint density at radius 2 is 1.87 bits per heavy atom. The van der Waals surface area contributed by atoms with Gasteiger partial charge in [0.2, 0.25) is 0 Å². The summed E-state index contributed by atoms with van der Waals surface area (Å²) in [7, 11) is -4.23. The highest BCUT2D eigenvalue weighted by Gasteiger charge is 2.32.